The highest BCUT2D eigenvalue weighted by Crippen LogP contribution is 2.34. The number of nitrogens with zero attached hydrogens (tertiary/aromatic N) is 5. The van der Waals surface area contributed by atoms with Crippen LogP contribution < -0.4 is 42.5 Å². The summed E-state index contributed by atoms with van der Waals surface area (Å²) in [7, 11) is 1.64. The van der Waals surface area contributed by atoms with Crippen molar-refractivity contribution in [3.05, 3.63) is 135 Å². The summed E-state index contributed by atoms with van der Waals surface area (Å²) in [5, 5.41) is 10.8. The molecular formula is C51H55N11O10. The van der Waals surface area contributed by atoms with Crippen molar-refractivity contribution in [2.75, 3.05) is 56.8 Å². The Hall–Kier alpha value is -8.11. The third kappa shape index (κ3) is 11.2. The first kappa shape index (κ1) is 50.3. The molecule has 8 rings (SSSR count). The standard InChI is InChI=1S/C51H55N11O10/c1-30-35(8-6-10-37(30)57-45(65)31-12-16-33(17-13-31)51(2,3)4)38-26-59(5)50(70)44(56-38)55-34-18-14-32(15-19-34)47(67)61-24-22-60(23-25-61)29-54-72-53-28-52-42(64)27-71-40-11-7-9-36-43(40)49(69)62(48(36)68)39-20-21-41(63)58-46(39)66/h6-19,26,39,53-54H,20-25,27-29H2,1-5H3,(H,52,64)(H,55,56)(H,57,65)(H,58,63,66). The Kier molecular flexibility index (Phi) is 15.0. The maximum Gasteiger partial charge on any atom is 0.293 e. The van der Waals surface area contributed by atoms with Crippen LogP contribution in [0.5, 0.6) is 5.75 Å². The van der Waals surface area contributed by atoms with Gasteiger partial charge < -0.3 is 30.2 Å². The maximum atomic E-state index is 13.5. The molecule has 0 bridgehead atoms. The minimum atomic E-state index is -1.13. The van der Waals surface area contributed by atoms with Gasteiger partial charge in [-0.25, -0.2) is 9.92 Å². The van der Waals surface area contributed by atoms with Gasteiger partial charge in [0.2, 0.25) is 11.8 Å². The zero-order valence-corrected chi connectivity index (χ0v) is 40.4. The van der Waals surface area contributed by atoms with E-state index in [0.29, 0.717) is 61.0 Å². The molecule has 2 fully saturated rings. The van der Waals surface area contributed by atoms with E-state index in [-0.39, 0.29) is 65.0 Å². The normalized spacial score (nSPS) is 16.0. The van der Waals surface area contributed by atoms with Crippen molar-refractivity contribution >= 4 is 58.5 Å². The first-order chi connectivity index (χ1) is 34.5. The minimum absolute atomic E-state index is 0.00194. The fraction of sp³-hybridized carbons (Fsp3) is 0.314. The Morgan fingerprint density at radius 3 is 2.22 bits per heavy atom. The number of aryl methyl sites for hydroxylation is 1. The van der Waals surface area contributed by atoms with Crippen LogP contribution in [0.15, 0.2) is 95.9 Å². The number of carbonyl (C=O) groups is 7. The first-order valence-electron chi connectivity index (χ1n) is 23.3. The summed E-state index contributed by atoms with van der Waals surface area (Å²) in [5.41, 5.74) is 10.3. The number of piperidine rings is 1. The lowest BCUT2D eigenvalue weighted by molar-refractivity contribution is -0.136. The number of hydroxylamine groups is 2. The van der Waals surface area contributed by atoms with Gasteiger partial charge in [0.05, 0.1) is 30.2 Å². The number of hydrogen-bond donors (Lipinski definition) is 6. The highest BCUT2D eigenvalue weighted by molar-refractivity contribution is 6.24. The Labute approximate surface area is 414 Å². The van der Waals surface area contributed by atoms with E-state index in [2.05, 4.69) is 58.0 Å². The molecule has 374 valence electrons. The Morgan fingerprint density at radius 1 is 0.819 bits per heavy atom. The van der Waals surface area contributed by atoms with Crippen LogP contribution in [0.25, 0.3) is 11.3 Å². The van der Waals surface area contributed by atoms with E-state index in [1.54, 1.807) is 42.4 Å². The monoisotopic (exact) mass is 981 g/mol. The van der Waals surface area contributed by atoms with Crippen LogP contribution in [0.1, 0.15) is 86.2 Å². The van der Waals surface area contributed by atoms with Gasteiger partial charge in [-0.15, -0.1) is 0 Å². The van der Waals surface area contributed by atoms with Gasteiger partial charge in [-0.2, -0.15) is 11.0 Å². The quantitative estimate of drug-likeness (QED) is 0.0359. The van der Waals surface area contributed by atoms with E-state index in [4.69, 9.17) is 9.68 Å². The van der Waals surface area contributed by atoms with Gasteiger partial charge in [0.25, 0.3) is 35.1 Å². The summed E-state index contributed by atoms with van der Waals surface area (Å²) in [4.78, 5) is 117. The second-order valence-electron chi connectivity index (χ2n) is 18.5. The molecule has 72 heavy (non-hydrogen) atoms. The molecule has 0 saturated carbocycles. The number of amides is 7. The number of anilines is 3. The number of benzene rings is 4. The molecule has 1 unspecified atom stereocenters. The largest absolute Gasteiger partial charge is 0.483 e. The second kappa shape index (κ2) is 21.5. The van der Waals surface area contributed by atoms with Gasteiger partial charge in [0, 0.05) is 73.9 Å². The van der Waals surface area contributed by atoms with E-state index in [1.807, 2.05) is 54.3 Å². The number of imide groups is 2. The fourth-order valence-electron chi connectivity index (χ4n) is 8.45. The van der Waals surface area contributed by atoms with Crippen LogP contribution in [-0.4, -0.2) is 118 Å². The summed E-state index contributed by atoms with van der Waals surface area (Å²) in [5.74, 6) is -3.49. The van der Waals surface area contributed by atoms with E-state index in [0.717, 1.165) is 21.6 Å². The zero-order valence-electron chi connectivity index (χ0n) is 40.4. The molecule has 5 aromatic rings. The number of fused-ring (bicyclic) bond motifs is 1. The highest BCUT2D eigenvalue weighted by Gasteiger charge is 2.46. The summed E-state index contributed by atoms with van der Waals surface area (Å²) < 4.78 is 7.03. The topological polar surface area (TPSA) is 255 Å². The lowest BCUT2D eigenvalue weighted by Crippen LogP contribution is -2.54. The van der Waals surface area contributed by atoms with Crippen LogP contribution in [0.3, 0.4) is 0 Å². The molecule has 1 aromatic heterocycles. The number of rotatable bonds is 16. The molecule has 3 aliphatic rings. The molecule has 0 spiro atoms. The number of nitrogens with one attached hydrogen (secondary N) is 6. The number of ether oxygens (including phenoxy) is 1. The van der Waals surface area contributed by atoms with Crippen molar-refractivity contribution in [1.29, 1.82) is 0 Å². The van der Waals surface area contributed by atoms with Crippen LogP contribution in [-0.2, 0) is 31.8 Å². The molecule has 4 aromatic carbocycles. The molecule has 6 N–H and O–H groups in total. The molecule has 3 aliphatic heterocycles. The summed E-state index contributed by atoms with van der Waals surface area (Å²) in [6.45, 7) is 10.0. The molecule has 2 saturated heterocycles. The van der Waals surface area contributed by atoms with Crippen molar-refractivity contribution in [2.45, 2.75) is 52.0 Å². The molecule has 21 nitrogen and oxygen atoms in total. The third-order valence-corrected chi connectivity index (χ3v) is 12.6. The number of aromatic nitrogens is 2. The smallest absolute Gasteiger partial charge is 0.293 e. The van der Waals surface area contributed by atoms with Crippen LogP contribution >= 0.6 is 0 Å². The Bertz CT molecular complexity index is 3000. The minimum Gasteiger partial charge on any atom is -0.483 e. The fourth-order valence-corrected chi connectivity index (χ4v) is 8.45. The molecule has 0 aliphatic carbocycles. The SMILES string of the molecule is Cc1c(NC(=O)c2ccc(C(C)(C)C)cc2)cccc1-c1cn(C)c(=O)c(Nc2ccc(C(=O)N3CCN(CNONCNC(=O)COc4cccc5c4C(=O)N(C4CCC(=O)NC4=O)C5=O)CC3)cc2)n1. The van der Waals surface area contributed by atoms with E-state index >= 15 is 0 Å². The van der Waals surface area contributed by atoms with E-state index in [9.17, 15) is 38.4 Å². The van der Waals surface area contributed by atoms with Gasteiger partial charge in [-0.05, 0) is 84.5 Å². The van der Waals surface area contributed by atoms with Crippen LogP contribution in [0.4, 0.5) is 17.2 Å². The van der Waals surface area contributed by atoms with Gasteiger partial charge >= 0.3 is 0 Å². The Balaban J connectivity index is 0.753. The lowest BCUT2D eigenvalue weighted by atomic mass is 9.86. The molecular weight excluding hydrogens is 927 g/mol. The molecule has 4 heterocycles. The number of carbonyl (C=O) groups excluding carboxylic acids is 7. The number of piperazine rings is 1. The average Bonchev–Trinajstić information content (AvgIpc) is 3.62. The predicted octanol–water partition coefficient (Wildman–Crippen LogP) is 3.34. The average molecular weight is 982 g/mol. The van der Waals surface area contributed by atoms with Crippen LogP contribution in [0, 0.1) is 6.92 Å². The molecule has 0 radical (unpaired) electrons. The summed E-state index contributed by atoms with van der Waals surface area (Å²) in [6.07, 6.45) is 1.64. The highest BCUT2D eigenvalue weighted by atomic mass is 16.8. The lowest BCUT2D eigenvalue weighted by Gasteiger charge is -2.34. The molecule has 21 heteroatoms. The van der Waals surface area contributed by atoms with E-state index < -0.39 is 42.2 Å². The van der Waals surface area contributed by atoms with Crippen molar-refractivity contribution in [2.24, 2.45) is 7.05 Å². The van der Waals surface area contributed by atoms with Crippen LogP contribution in [0.2, 0.25) is 0 Å². The van der Waals surface area contributed by atoms with Gasteiger partial charge in [0.1, 0.15) is 11.8 Å². The maximum absolute atomic E-state index is 13.5. The second-order valence-corrected chi connectivity index (χ2v) is 18.5. The van der Waals surface area contributed by atoms with Crippen molar-refractivity contribution in [3.63, 3.8) is 0 Å². The number of hydrogen-bond acceptors (Lipinski definition) is 15. The molecule has 1 atom stereocenters. The van der Waals surface area contributed by atoms with Crippen molar-refractivity contribution < 1.29 is 43.2 Å². The van der Waals surface area contributed by atoms with Gasteiger partial charge in [-0.3, -0.25) is 53.5 Å². The van der Waals surface area contributed by atoms with E-state index in [1.165, 1.54) is 22.8 Å². The van der Waals surface area contributed by atoms with Crippen molar-refractivity contribution in [3.8, 4) is 17.0 Å². The van der Waals surface area contributed by atoms with Gasteiger partial charge in [0.15, 0.2) is 12.4 Å². The third-order valence-electron chi connectivity index (χ3n) is 12.6. The van der Waals surface area contributed by atoms with Crippen molar-refractivity contribution in [1.82, 2.24) is 45.8 Å². The zero-order chi connectivity index (χ0) is 51.3. The predicted molar refractivity (Wildman–Crippen MR) is 264 cm³/mol. The summed E-state index contributed by atoms with van der Waals surface area (Å²) in [6, 6.07) is 23.2. The molecule has 7 amide bonds. The summed E-state index contributed by atoms with van der Waals surface area (Å²) >= 11 is 0. The van der Waals surface area contributed by atoms with Gasteiger partial charge in [-0.1, -0.05) is 51.1 Å². The first-order valence-corrected chi connectivity index (χ1v) is 23.3. The Morgan fingerprint density at radius 2 is 1.51 bits per heavy atom.